The number of rotatable bonds is 37. The summed E-state index contributed by atoms with van der Waals surface area (Å²) in [5.74, 6) is -12.5. The number of esters is 4. The van der Waals surface area contributed by atoms with Gasteiger partial charge in [-0.15, -0.1) is 0 Å². The van der Waals surface area contributed by atoms with E-state index in [0.717, 1.165) is 48.6 Å². The van der Waals surface area contributed by atoms with E-state index in [1.165, 1.54) is 64.4 Å². The molecule has 5 rings (SSSR count). The number of halogens is 4. The number of nitrogens with one attached hydrogen (secondary N) is 1. The first kappa shape index (κ1) is 79.6. The van der Waals surface area contributed by atoms with Crippen LogP contribution in [0.5, 0.6) is 0 Å². The summed E-state index contributed by atoms with van der Waals surface area (Å²) in [6.07, 6.45) is 2.46. The molecule has 3 amide bonds. The molecule has 0 bridgehead atoms. The van der Waals surface area contributed by atoms with Crippen molar-refractivity contribution in [3.05, 3.63) is 131 Å². The average molecular weight is 1320 g/mol. The van der Waals surface area contributed by atoms with Gasteiger partial charge in [0.15, 0.2) is 32.5 Å². The van der Waals surface area contributed by atoms with Gasteiger partial charge in [-0.25, -0.2) is 0 Å². The van der Waals surface area contributed by atoms with Crippen molar-refractivity contribution in [3.63, 3.8) is 0 Å². The molecule has 2 aliphatic heterocycles. The summed E-state index contributed by atoms with van der Waals surface area (Å²) in [5, 5.41) is 8.51. The number of nitrogens with zero attached hydrogens (tertiary/aromatic N) is 2. The largest absolute Gasteiger partial charge is 1.00 e. The second kappa shape index (κ2) is 37.9. The molecule has 4 N–H and O–H groups in total. The predicted molar refractivity (Wildman–Crippen MR) is 308 cm³/mol. The van der Waals surface area contributed by atoms with E-state index < -0.39 is 118 Å². The van der Waals surface area contributed by atoms with Crippen molar-refractivity contribution in [2.24, 2.45) is 0 Å². The molecule has 0 aromatic heterocycles. The maximum atomic E-state index is 16.6. The van der Waals surface area contributed by atoms with E-state index >= 15 is 17.6 Å². The summed E-state index contributed by atoms with van der Waals surface area (Å²) in [4.78, 5) is 137. The third-order valence-electron chi connectivity index (χ3n) is 14.9. The first-order valence-electron chi connectivity index (χ1n) is 29.3. The fourth-order valence-corrected chi connectivity index (χ4v) is 12.4. The Morgan fingerprint density at radius 3 is 1.39 bits per heavy atom. The van der Waals surface area contributed by atoms with Crippen molar-refractivity contribution < 1.29 is 163 Å². The van der Waals surface area contributed by atoms with E-state index in [9.17, 15) is 67.4 Å². The molecule has 0 aliphatic carbocycles. The van der Waals surface area contributed by atoms with E-state index in [0.29, 0.717) is 51.4 Å². The number of alkyl halides is 4. The third kappa shape index (κ3) is 24.1. The zero-order valence-electron chi connectivity index (χ0n) is 51.2. The first-order chi connectivity index (χ1) is 41.6. The molecule has 3 aromatic carbocycles. The number of aliphatic hydroxyl groups is 1. The molecule has 2 heterocycles. The molecule has 2 fully saturated rings. The van der Waals surface area contributed by atoms with E-state index in [4.69, 9.17) is 18.9 Å². The first-order valence-corrected chi connectivity index (χ1v) is 32.5. The van der Waals surface area contributed by atoms with Crippen molar-refractivity contribution in [2.75, 3.05) is 32.8 Å². The molecule has 6 atom stereocenters. The summed E-state index contributed by atoms with van der Waals surface area (Å²) >= 11 is 0. The number of ether oxygens (including phenoxy) is 4. The molecule has 484 valence electrons. The molecule has 2 unspecified atom stereocenters. The van der Waals surface area contributed by atoms with Gasteiger partial charge in [0.05, 0.1) is 38.1 Å². The van der Waals surface area contributed by atoms with Gasteiger partial charge < -0.3 is 67.9 Å². The number of carbonyl (C=O) groups excluding carboxylic acids is 7. The van der Waals surface area contributed by atoms with Crippen LogP contribution in [0.1, 0.15) is 149 Å². The Balaban J connectivity index is 0.0000106. The van der Waals surface area contributed by atoms with Crippen LogP contribution in [0.25, 0.3) is 0 Å². The topological polar surface area (TPSA) is 316 Å². The predicted octanol–water partition coefficient (Wildman–Crippen LogP) is 1.56. The van der Waals surface area contributed by atoms with E-state index in [1.54, 1.807) is 13.8 Å². The van der Waals surface area contributed by atoms with Gasteiger partial charge in [-0.1, -0.05) is 105 Å². The van der Waals surface area contributed by atoms with Crippen molar-refractivity contribution in [2.45, 2.75) is 171 Å². The molecule has 3 aromatic rings. The number of hydrogen-bond acceptors (Lipinski definition) is 16. The Bertz CT molecular complexity index is 2830. The van der Waals surface area contributed by atoms with Crippen LogP contribution in [0.4, 0.5) is 17.6 Å². The van der Waals surface area contributed by atoms with Gasteiger partial charge >= 0.3 is 94.8 Å². The van der Waals surface area contributed by atoms with Gasteiger partial charge in [0.2, 0.25) is 11.8 Å². The zero-order chi connectivity index (χ0) is 64.7. The average Bonchev–Trinajstić information content (AvgIpc) is 1.08. The van der Waals surface area contributed by atoms with Crippen LogP contribution in [0.2, 0.25) is 0 Å². The summed E-state index contributed by atoms with van der Waals surface area (Å²) in [6, 6.07) is 14.9. The molecule has 21 nitrogen and oxygen atoms in total. The Morgan fingerprint density at radius 2 is 1.01 bits per heavy atom. The Kier molecular flexibility index (Phi) is 33.6. The SMILES string of the molecule is CCOC(=O)CCCCCCN1C(=O)CC[C@@H]1/C=C/[C@@H](OC(=O)Cc1cc(CC(=O)O[C@H](/C=C/[C@H]2CCC(=O)N2CCCCCCC(=O)OCC)C(F)(F)c2ccccc2)cc(C(=O)NCCCC(O)(P(=O)([O-])O)P(=O)([O-])O)c1)C(F)(F)c1ccccc1.[Na+].[Na+]. The monoisotopic (exact) mass is 1320 g/mol. The second-order valence-corrected chi connectivity index (χ2v) is 25.4. The minimum absolute atomic E-state index is 0. The van der Waals surface area contributed by atoms with Crippen LogP contribution >= 0.6 is 15.2 Å². The number of hydrogen-bond donors (Lipinski definition) is 4. The van der Waals surface area contributed by atoms with Gasteiger partial charge in [-0.05, 0) is 101 Å². The maximum Gasteiger partial charge on any atom is 1.00 e. The summed E-state index contributed by atoms with van der Waals surface area (Å²) in [6.45, 7) is 3.86. The Hall–Kier alpha value is -4.59. The number of likely N-dealkylation sites (tertiary alicyclic amines) is 2. The zero-order valence-corrected chi connectivity index (χ0v) is 56.9. The third-order valence-corrected chi connectivity index (χ3v) is 18.6. The van der Waals surface area contributed by atoms with E-state index in [-0.39, 0.29) is 164 Å². The van der Waals surface area contributed by atoms with E-state index in [1.807, 2.05) is 0 Å². The smallest absolute Gasteiger partial charge is 0.776 e. The summed E-state index contributed by atoms with van der Waals surface area (Å²) in [5.41, 5.74) is -1.79. The normalized spacial score (nSPS) is 17.9. The molecule has 2 aliphatic rings. The fraction of sp³-hybridized carbons (Fsp3) is 0.525. The maximum absolute atomic E-state index is 16.6. The fourth-order valence-electron chi connectivity index (χ4n) is 10.2. The van der Waals surface area contributed by atoms with Crippen molar-refractivity contribution in [3.8, 4) is 0 Å². The number of carbonyl (C=O) groups is 7. The molecule has 0 saturated carbocycles. The Morgan fingerprint density at radius 1 is 0.622 bits per heavy atom. The molecule has 0 radical (unpaired) electrons. The van der Waals surface area contributed by atoms with Crippen LogP contribution < -0.4 is 74.2 Å². The van der Waals surface area contributed by atoms with Crippen LogP contribution in [-0.2, 0) is 81.5 Å². The van der Waals surface area contributed by atoms with Gasteiger partial charge in [-0.2, -0.15) is 17.6 Å². The molecular formula is C61H77F4N3Na2O18P2. The number of amides is 3. The second-order valence-electron chi connectivity index (χ2n) is 21.5. The minimum Gasteiger partial charge on any atom is -0.776 e. The van der Waals surface area contributed by atoms with Crippen LogP contribution in [0.3, 0.4) is 0 Å². The van der Waals surface area contributed by atoms with Crippen molar-refractivity contribution in [1.82, 2.24) is 15.1 Å². The summed E-state index contributed by atoms with van der Waals surface area (Å²) < 4.78 is 111. The number of benzene rings is 3. The molecule has 2 saturated heterocycles. The van der Waals surface area contributed by atoms with Crippen molar-refractivity contribution in [1.29, 1.82) is 0 Å². The van der Waals surface area contributed by atoms with Gasteiger partial charge in [0, 0.05) is 62.0 Å². The molecule has 29 heteroatoms. The van der Waals surface area contributed by atoms with E-state index in [2.05, 4.69) is 5.32 Å². The Labute approximate surface area is 565 Å². The number of unbranched alkanes of at least 4 members (excludes halogenated alkanes) is 6. The minimum atomic E-state index is -6.18. The molecule has 0 spiro atoms. The van der Waals surface area contributed by atoms with Crippen LogP contribution in [-0.4, -0.2) is 129 Å². The molecule has 90 heavy (non-hydrogen) atoms. The van der Waals surface area contributed by atoms with Gasteiger partial charge in [-0.3, -0.25) is 33.6 Å². The van der Waals surface area contributed by atoms with Crippen LogP contribution in [0.15, 0.2) is 103 Å². The standard InChI is InChI=1S/C61H79F4N3O18P2.2Na/c1-3-83-54(71)24-15-5-7-17-36-67-48(28-32-52(67)69)26-30-50(60(62,63)46-20-11-9-12-21-46)85-56(73)41-43-38-44(40-45(39-43)58(75)66-35-19-34-59(76,87(77,78)79)88(80,81)82)42-57(74)86-51(61(64,65)47-22-13-10-14-23-47)31-27-49-29-33-53(70)68(49)37-18-8-6-16-25-55(72)84-4-2;;/h9-14,20-23,26-27,30-31,38-40,48-51,76H,3-8,15-19,24-25,28-29,32-37,41-42H2,1-2H3,(H,66,75)(H2,77,78,79)(H2,80,81,82);;/q;2*+1/p-2/b30-26+,31-27+;;/t48-,49-,50+,51+;;/m0../s1. The summed E-state index contributed by atoms with van der Waals surface area (Å²) in [7, 11) is -12.4. The van der Waals surface area contributed by atoms with Gasteiger partial charge in [0.1, 0.15) is 0 Å². The molecular weight excluding hydrogens is 1250 g/mol. The quantitative estimate of drug-likeness (QED) is 0.0121. The van der Waals surface area contributed by atoms with Crippen LogP contribution in [0, 0.1) is 0 Å². The van der Waals surface area contributed by atoms with Gasteiger partial charge in [0.25, 0.3) is 5.91 Å². The van der Waals surface area contributed by atoms with Crippen molar-refractivity contribution >= 4 is 56.8 Å².